The van der Waals surface area contributed by atoms with Gasteiger partial charge in [-0.25, -0.2) is 0 Å². The second-order valence-electron chi connectivity index (χ2n) is 7.31. The predicted molar refractivity (Wildman–Crippen MR) is 118 cm³/mol. The molecule has 0 aliphatic rings. The molecule has 0 unspecified atom stereocenters. The summed E-state index contributed by atoms with van der Waals surface area (Å²) in [7, 11) is 3.15. The number of methoxy groups -OCH3 is 2. The van der Waals surface area contributed by atoms with Crippen LogP contribution in [0.1, 0.15) is 16.7 Å². The highest BCUT2D eigenvalue weighted by molar-refractivity contribution is 5.63. The molecule has 2 aromatic carbocycles. The molecule has 7 nitrogen and oxygen atoms in total. The van der Waals surface area contributed by atoms with Crippen molar-refractivity contribution in [2.45, 2.75) is 20.4 Å². The molecule has 4 aromatic rings. The number of ether oxygens (including phenoxy) is 2. The van der Waals surface area contributed by atoms with Crippen LogP contribution >= 0.6 is 0 Å². The molecule has 0 atom stereocenters. The highest BCUT2D eigenvalue weighted by Crippen LogP contribution is 2.32. The van der Waals surface area contributed by atoms with Crippen molar-refractivity contribution in [3.05, 3.63) is 81.8 Å². The zero-order valence-corrected chi connectivity index (χ0v) is 17.9. The first-order valence-corrected chi connectivity index (χ1v) is 9.81. The summed E-state index contributed by atoms with van der Waals surface area (Å²) >= 11 is 0. The molecule has 0 spiro atoms. The van der Waals surface area contributed by atoms with E-state index in [0.717, 1.165) is 22.3 Å². The zero-order valence-electron chi connectivity index (χ0n) is 17.9. The Hall–Kier alpha value is -3.87. The lowest BCUT2D eigenvalue weighted by atomic mass is 10.1. The van der Waals surface area contributed by atoms with Gasteiger partial charge in [-0.05, 0) is 49.2 Å². The summed E-state index contributed by atoms with van der Waals surface area (Å²) in [4.78, 5) is 16.9. The molecule has 0 N–H and O–H groups in total. The Balaban J connectivity index is 1.66. The summed E-state index contributed by atoms with van der Waals surface area (Å²) in [6.45, 7) is 4.55. The van der Waals surface area contributed by atoms with Crippen molar-refractivity contribution in [1.29, 1.82) is 0 Å². The third-order valence-corrected chi connectivity index (χ3v) is 5.14. The Labute approximate surface area is 179 Å². The number of pyridine rings is 1. The smallest absolute Gasteiger partial charge is 0.259 e. The molecule has 0 aliphatic heterocycles. The average molecular weight is 417 g/mol. The van der Waals surface area contributed by atoms with Crippen LogP contribution < -0.4 is 15.0 Å². The molecular weight excluding hydrogens is 394 g/mol. The van der Waals surface area contributed by atoms with Gasteiger partial charge in [0.2, 0.25) is 5.82 Å². The van der Waals surface area contributed by atoms with E-state index in [0.29, 0.717) is 35.3 Å². The van der Waals surface area contributed by atoms with E-state index >= 15 is 0 Å². The molecule has 0 saturated heterocycles. The van der Waals surface area contributed by atoms with Crippen LogP contribution in [0.4, 0.5) is 0 Å². The van der Waals surface area contributed by atoms with Crippen LogP contribution in [-0.2, 0) is 6.54 Å². The van der Waals surface area contributed by atoms with E-state index < -0.39 is 0 Å². The van der Waals surface area contributed by atoms with E-state index in [4.69, 9.17) is 14.0 Å². The van der Waals surface area contributed by atoms with Gasteiger partial charge in [0.15, 0.2) is 11.5 Å². The number of benzene rings is 2. The Morgan fingerprint density at radius 2 is 1.71 bits per heavy atom. The molecule has 0 radical (unpaired) electrons. The molecule has 0 saturated carbocycles. The fraction of sp³-hybridized carbons (Fsp3) is 0.208. The van der Waals surface area contributed by atoms with Gasteiger partial charge in [-0.15, -0.1) is 0 Å². The van der Waals surface area contributed by atoms with Crippen molar-refractivity contribution in [3.8, 4) is 34.3 Å². The highest BCUT2D eigenvalue weighted by Gasteiger charge is 2.14. The summed E-state index contributed by atoms with van der Waals surface area (Å²) in [6, 6.07) is 14.8. The van der Waals surface area contributed by atoms with Gasteiger partial charge in [0.1, 0.15) is 0 Å². The van der Waals surface area contributed by atoms with Crippen molar-refractivity contribution >= 4 is 0 Å². The maximum Gasteiger partial charge on any atom is 0.259 e. The van der Waals surface area contributed by atoms with Crippen molar-refractivity contribution in [2.24, 2.45) is 0 Å². The first-order chi connectivity index (χ1) is 15.0. The van der Waals surface area contributed by atoms with Gasteiger partial charge in [0.05, 0.1) is 26.3 Å². The third kappa shape index (κ3) is 4.21. The van der Waals surface area contributed by atoms with E-state index in [1.165, 1.54) is 6.07 Å². The molecule has 4 rings (SSSR count). The maximum absolute atomic E-state index is 12.4. The van der Waals surface area contributed by atoms with Crippen LogP contribution in [0.25, 0.3) is 22.8 Å². The third-order valence-electron chi connectivity index (χ3n) is 5.14. The van der Waals surface area contributed by atoms with Gasteiger partial charge in [-0.2, -0.15) is 4.98 Å². The molecule has 2 aromatic heterocycles. The van der Waals surface area contributed by atoms with Crippen molar-refractivity contribution in [2.75, 3.05) is 14.2 Å². The van der Waals surface area contributed by atoms with Crippen LogP contribution in [0.2, 0.25) is 0 Å². The first-order valence-electron chi connectivity index (χ1n) is 9.81. The lowest BCUT2D eigenvalue weighted by Gasteiger charge is -2.10. The Morgan fingerprint density at radius 3 is 2.48 bits per heavy atom. The highest BCUT2D eigenvalue weighted by atomic mass is 16.5. The van der Waals surface area contributed by atoms with Crippen LogP contribution in [0.5, 0.6) is 11.5 Å². The Kier molecular flexibility index (Phi) is 5.58. The first kappa shape index (κ1) is 20.4. The molecule has 0 bridgehead atoms. The lowest BCUT2D eigenvalue weighted by Crippen LogP contribution is -2.19. The van der Waals surface area contributed by atoms with Crippen LogP contribution in [0, 0.1) is 13.8 Å². The topological polar surface area (TPSA) is 79.4 Å². The van der Waals surface area contributed by atoms with E-state index in [1.807, 2.05) is 19.9 Å². The van der Waals surface area contributed by atoms with Gasteiger partial charge in [0, 0.05) is 17.8 Å². The van der Waals surface area contributed by atoms with Crippen LogP contribution in [-0.4, -0.2) is 28.9 Å². The Morgan fingerprint density at radius 1 is 0.935 bits per heavy atom. The number of aromatic nitrogens is 3. The molecular formula is C24H23N3O4. The van der Waals surface area contributed by atoms with Gasteiger partial charge in [-0.1, -0.05) is 28.9 Å². The molecule has 2 heterocycles. The fourth-order valence-electron chi connectivity index (χ4n) is 3.37. The molecule has 7 heteroatoms. The predicted octanol–water partition coefficient (Wildman–Crippen LogP) is 4.25. The number of nitrogens with zero attached hydrogens (tertiary/aromatic N) is 3. The molecule has 0 amide bonds. The number of hydrogen-bond donors (Lipinski definition) is 0. The summed E-state index contributed by atoms with van der Waals surface area (Å²) in [5.74, 6) is 1.95. The lowest BCUT2D eigenvalue weighted by molar-refractivity contribution is 0.355. The summed E-state index contributed by atoms with van der Waals surface area (Å²) < 4.78 is 17.7. The number of rotatable bonds is 6. The largest absolute Gasteiger partial charge is 0.493 e. The van der Waals surface area contributed by atoms with Gasteiger partial charge >= 0.3 is 0 Å². The minimum atomic E-state index is -0.0933. The van der Waals surface area contributed by atoms with Gasteiger partial charge in [0.25, 0.3) is 11.4 Å². The standard InChI is InChI=1S/C24H23N3O4/c1-15-5-6-16(2)19(11-15)14-27-13-18(8-10-22(27)28)24-25-23(26-31-24)17-7-9-20(29-3)21(12-17)30-4/h5-13H,14H2,1-4H3. The monoisotopic (exact) mass is 417 g/mol. The second kappa shape index (κ2) is 8.47. The number of aryl methyl sites for hydroxylation is 2. The van der Waals surface area contributed by atoms with Crippen LogP contribution in [0.3, 0.4) is 0 Å². The molecule has 0 fully saturated rings. The molecule has 31 heavy (non-hydrogen) atoms. The Bertz CT molecular complexity index is 1290. The fourth-order valence-corrected chi connectivity index (χ4v) is 3.37. The summed E-state index contributed by atoms with van der Waals surface area (Å²) in [6.07, 6.45) is 1.75. The molecule has 0 aliphatic carbocycles. The maximum atomic E-state index is 12.4. The average Bonchev–Trinajstić information content (AvgIpc) is 3.27. The van der Waals surface area contributed by atoms with Gasteiger partial charge < -0.3 is 18.6 Å². The zero-order chi connectivity index (χ0) is 22.0. The minimum absolute atomic E-state index is 0.0933. The van der Waals surface area contributed by atoms with E-state index in [2.05, 4.69) is 28.3 Å². The van der Waals surface area contributed by atoms with Crippen molar-refractivity contribution in [1.82, 2.24) is 14.7 Å². The molecule has 158 valence electrons. The quantitative estimate of drug-likeness (QED) is 0.467. The van der Waals surface area contributed by atoms with E-state index in [1.54, 1.807) is 43.2 Å². The number of hydrogen-bond acceptors (Lipinski definition) is 6. The second-order valence-corrected chi connectivity index (χ2v) is 7.31. The summed E-state index contributed by atoms with van der Waals surface area (Å²) in [5, 5.41) is 4.09. The minimum Gasteiger partial charge on any atom is -0.493 e. The van der Waals surface area contributed by atoms with E-state index in [9.17, 15) is 4.79 Å². The van der Waals surface area contributed by atoms with E-state index in [-0.39, 0.29) is 5.56 Å². The van der Waals surface area contributed by atoms with Crippen molar-refractivity contribution in [3.63, 3.8) is 0 Å². The van der Waals surface area contributed by atoms with Crippen LogP contribution in [0.15, 0.2) is 64.0 Å². The SMILES string of the molecule is COc1ccc(-c2noc(-c3ccc(=O)n(Cc4cc(C)ccc4C)c3)n2)cc1OC. The normalized spacial score (nSPS) is 10.8. The summed E-state index contributed by atoms with van der Waals surface area (Å²) in [5.41, 5.74) is 4.69. The van der Waals surface area contributed by atoms with Crippen molar-refractivity contribution < 1.29 is 14.0 Å². The van der Waals surface area contributed by atoms with Gasteiger partial charge in [-0.3, -0.25) is 4.79 Å².